The highest BCUT2D eigenvalue weighted by atomic mass is 19.1. The van der Waals surface area contributed by atoms with Crippen molar-refractivity contribution in [3.05, 3.63) is 96.2 Å². The summed E-state index contributed by atoms with van der Waals surface area (Å²) in [6.45, 7) is 2.60. The van der Waals surface area contributed by atoms with Crippen molar-refractivity contribution in [2.45, 2.75) is 0 Å². The van der Waals surface area contributed by atoms with Crippen molar-refractivity contribution in [1.82, 2.24) is 9.47 Å². The monoisotopic (exact) mass is 417 g/mol. The van der Waals surface area contributed by atoms with Crippen molar-refractivity contribution < 1.29 is 13.6 Å². The molecule has 1 fully saturated rings. The van der Waals surface area contributed by atoms with Gasteiger partial charge in [-0.15, -0.1) is 0 Å². The van der Waals surface area contributed by atoms with E-state index in [1.165, 1.54) is 18.2 Å². The lowest BCUT2D eigenvalue weighted by Gasteiger charge is -2.36. The van der Waals surface area contributed by atoms with E-state index in [4.69, 9.17) is 0 Å². The van der Waals surface area contributed by atoms with Crippen LogP contribution in [0, 0.1) is 11.6 Å². The van der Waals surface area contributed by atoms with Gasteiger partial charge in [-0.25, -0.2) is 8.78 Å². The highest BCUT2D eigenvalue weighted by Crippen LogP contribution is 2.24. The molecule has 1 aromatic heterocycles. The third-order valence-electron chi connectivity index (χ3n) is 5.81. The first-order valence-electron chi connectivity index (χ1n) is 10.3. The molecule has 0 unspecified atom stereocenters. The normalized spacial score (nSPS) is 14.3. The van der Waals surface area contributed by atoms with E-state index in [9.17, 15) is 13.6 Å². The van der Waals surface area contributed by atoms with E-state index >= 15 is 0 Å². The fourth-order valence-corrected chi connectivity index (χ4v) is 4.13. The summed E-state index contributed by atoms with van der Waals surface area (Å²) < 4.78 is 29.1. The average Bonchev–Trinajstić information content (AvgIpc) is 3.23. The number of hydrogen-bond acceptors (Lipinski definition) is 2. The molecule has 31 heavy (non-hydrogen) atoms. The first kappa shape index (κ1) is 19.3. The summed E-state index contributed by atoms with van der Waals surface area (Å²) in [7, 11) is 0. The van der Waals surface area contributed by atoms with Crippen LogP contribution >= 0.6 is 0 Å². The minimum atomic E-state index is -0.292. The second-order valence-corrected chi connectivity index (χ2v) is 7.67. The molecule has 0 radical (unpaired) electrons. The van der Waals surface area contributed by atoms with Gasteiger partial charge >= 0.3 is 0 Å². The molecular formula is C25H21F2N3O. The molecule has 1 aliphatic rings. The van der Waals surface area contributed by atoms with Gasteiger partial charge in [0.05, 0.1) is 11.2 Å². The first-order valence-corrected chi connectivity index (χ1v) is 10.3. The molecule has 0 saturated carbocycles. The zero-order valence-corrected chi connectivity index (χ0v) is 16.8. The Hall–Kier alpha value is -3.67. The Labute approximate surface area is 178 Å². The van der Waals surface area contributed by atoms with Crippen LogP contribution in [0.3, 0.4) is 0 Å². The first-order chi connectivity index (χ1) is 15.1. The van der Waals surface area contributed by atoms with Crippen molar-refractivity contribution in [1.29, 1.82) is 0 Å². The number of amides is 1. The summed E-state index contributed by atoms with van der Waals surface area (Å²) >= 11 is 0. The molecule has 0 spiro atoms. The van der Waals surface area contributed by atoms with E-state index < -0.39 is 0 Å². The second kappa shape index (κ2) is 7.87. The van der Waals surface area contributed by atoms with Gasteiger partial charge in [0, 0.05) is 49.0 Å². The van der Waals surface area contributed by atoms with Crippen LogP contribution in [0.25, 0.3) is 16.6 Å². The topological polar surface area (TPSA) is 28.5 Å². The highest BCUT2D eigenvalue weighted by molar-refractivity contribution is 5.98. The molecule has 2 heterocycles. The molecule has 0 aliphatic carbocycles. The molecule has 6 heteroatoms. The van der Waals surface area contributed by atoms with Gasteiger partial charge in [0.15, 0.2) is 0 Å². The maximum Gasteiger partial charge on any atom is 0.253 e. The van der Waals surface area contributed by atoms with Crippen LogP contribution in [0.2, 0.25) is 0 Å². The van der Waals surface area contributed by atoms with Gasteiger partial charge < -0.3 is 14.4 Å². The van der Waals surface area contributed by atoms with Crippen LogP contribution in [0.5, 0.6) is 0 Å². The average molecular weight is 417 g/mol. The Morgan fingerprint density at radius 1 is 0.806 bits per heavy atom. The smallest absolute Gasteiger partial charge is 0.253 e. The predicted molar refractivity (Wildman–Crippen MR) is 118 cm³/mol. The number of fused-ring (bicyclic) bond motifs is 1. The molecule has 3 aromatic carbocycles. The Morgan fingerprint density at radius 2 is 1.55 bits per heavy atom. The highest BCUT2D eigenvalue weighted by Gasteiger charge is 2.23. The zero-order chi connectivity index (χ0) is 21.4. The van der Waals surface area contributed by atoms with Gasteiger partial charge in [-0.1, -0.05) is 12.1 Å². The van der Waals surface area contributed by atoms with Gasteiger partial charge in [-0.2, -0.15) is 0 Å². The molecule has 0 N–H and O–H groups in total. The molecule has 156 valence electrons. The number of nitrogens with zero attached hydrogens (tertiary/aromatic N) is 3. The molecule has 0 bridgehead atoms. The maximum atomic E-state index is 14.2. The predicted octanol–water partition coefficient (Wildman–Crippen LogP) is 4.87. The van der Waals surface area contributed by atoms with E-state index in [-0.39, 0.29) is 17.5 Å². The van der Waals surface area contributed by atoms with Crippen molar-refractivity contribution in [3.8, 4) is 5.69 Å². The number of halogens is 2. The second-order valence-electron chi connectivity index (χ2n) is 7.67. The number of piperazine rings is 1. The number of benzene rings is 3. The van der Waals surface area contributed by atoms with Crippen molar-refractivity contribution in [2.24, 2.45) is 0 Å². The zero-order valence-electron chi connectivity index (χ0n) is 16.8. The molecule has 1 saturated heterocycles. The lowest BCUT2D eigenvalue weighted by atomic mass is 10.1. The molecule has 1 aliphatic heterocycles. The van der Waals surface area contributed by atoms with E-state index in [0.29, 0.717) is 37.4 Å². The minimum Gasteiger partial charge on any atom is -0.368 e. The fraction of sp³-hybridized carbons (Fsp3) is 0.160. The summed E-state index contributed by atoms with van der Waals surface area (Å²) in [4.78, 5) is 17.0. The Balaban J connectivity index is 1.33. The number of aromatic nitrogens is 1. The SMILES string of the molecule is O=C(c1ccc2c(ccn2-c2ccccc2F)c1)N1CCN(c2ccc(F)cc2)CC1. The van der Waals surface area contributed by atoms with E-state index in [1.807, 2.05) is 29.3 Å². The van der Waals surface area contributed by atoms with Crippen molar-refractivity contribution >= 4 is 22.5 Å². The lowest BCUT2D eigenvalue weighted by Crippen LogP contribution is -2.48. The van der Waals surface area contributed by atoms with Crippen molar-refractivity contribution in [3.63, 3.8) is 0 Å². The van der Waals surface area contributed by atoms with Gasteiger partial charge in [-0.05, 0) is 60.7 Å². The van der Waals surface area contributed by atoms with E-state index in [1.54, 1.807) is 41.0 Å². The quantitative estimate of drug-likeness (QED) is 0.476. The number of carbonyl (C=O) groups excluding carboxylic acids is 1. The maximum absolute atomic E-state index is 14.2. The van der Waals surface area contributed by atoms with Crippen LogP contribution in [-0.2, 0) is 0 Å². The number of hydrogen-bond donors (Lipinski definition) is 0. The van der Waals surface area contributed by atoms with Crippen molar-refractivity contribution in [2.75, 3.05) is 31.1 Å². The number of anilines is 1. The fourth-order valence-electron chi connectivity index (χ4n) is 4.13. The minimum absolute atomic E-state index is 0.0145. The van der Waals surface area contributed by atoms with Gasteiger partial charge in [-0.3, -0.25) is 4.79 Å². The third kappa shape index (κ3) is 3.65. The summed E-state index contributed by atoms with van der Waals surface area (Å²) in [6, 6.07) is 20.5. The molecule has 0 atom stereocenters. The Bertz CT molecular complexity index is 1240. The lowest BCUT2D eigenvalue weighted by molar-refractivity contribution is 0.0747. The van der Waals surface area contributed by atoms with E-state index in [2.05, 4.69) is 4.90 Å². The van der Waals surface area contributed by atoms with E-state index in [0.717, 1.165) is 16.6 Å². The molecule has 4 nitrogen and oxygen atoms in total. The summed E-state index contributed by atoms with van der Waals surface area (Å²) in [5.74, 6) is -0.560. The van der Waals surface area contributed by atoms with Crippen LogP contribution in [0.4, 0.5) is 14.5 Å². The molecule has 4 aromatic rings. The largest absolute Gasteiger partial charge is 0.368 e. The molecule has 1 amide bonds. The summed E-state index contributed by atoms with van der Waals surface area (Å²) in [6.07, 6.45) is 1.82. The third-order valence-corrected chi connectivity index (χ3v) is 5.81. The standard InChI is InChI=1S/C25H21F2N3O/c26-20-6-8-21(9-7-20)28-13-15-29(16-14-28)25(31)19-5-10-23-18(17-19)11-12-30(23)24-4-2-1-3-22(24)27/h1-12,17H,13-16H2. The van der Waals surface area contributed by atoms with Crippen LogP contribution in [-0.4, -0.2) is 41.6 Å². The van der Waals surface area contributed by atoms with Crippen LogP contribution in [0.15, 0.2) is 79.0 Å². The van der Waals surface area contributed by atoms with Gasteiger partial charge in [0.2, 0.25) is 0 Å². The molecular weight excluding hydrogens is 396 g/mol. The number of rotatable bonds is 3. The Morgan fingerprint density at radius 3 is 2.29 bits per heavy atom. The summed E-state index contributed by atoms with van der Waals surface area (Å²) in [5, 5.41) is 0.888. The molecule has 5 rings (SSSR count). The van der Waals surface area contributed by atoms with Gasteiger partial charge in [0.25, 0.3) is 5.91 Å². The number of para-hydroxylation sites is 1. The van der Waals surface area contributed by atoms with Crippen LogP contribution in [0.1, 0.15) is 10.4 Å². The number of carbonyl (C=O) groups is 1. The summed E-state index contributed by atoms with van der Waals surface area (Å²) in [5.41, 5.74) is 2.91. The van der Waals surface area contributed by atoms with Gasteiger partial charge in [0.1, 0.15) is 11.6 Å². The van der Waals surface area contributed by atoms with Crippen LogP contribution < -0.4 is 4.90 Å². The Kier molecular flexibility index (Phi) is 4.90.